The van der Waals surface area contributed by atoms with Crippen molar-refractivity contribution >= 4 is 30.0 Å². The van der Waals surface area contributed by atoms with Gasteiger partial charge in [0.15, 0.2) is 0 Å². The van der Waals surface area contributed by atoms with Crippen LogP contribution in [0.15, 0.2) is 91.0 Å². The molecule has 3 N–H and O–H groups in total. The Morgan fingerprint density at radius 2 is 1.45 bits per heavy atom. The first-order chi connectivity index (χ1) is 29.6. The molecule has 1 saturated heterocycles. The molecular formula is C50H66N4O8. The number of hydrogen-bond donors (Lipinski definition) is 3. The number of amides is 4. The van der Waals surface area contributed by atoms with Gasteiger partial charge in [0, 0.05) is 19.0 Å². The maximum absolute atomic E-state index is 14.4. The van der Waals surface area contributed by atoms with Crippen molar-refractivity contribution in [2.45, 2.75) is 129 Å². The summed E-state index contributed by atoms with van der Waals surface area (Å²) in [6.45, 7) is 14.0. The number of ether oxygens (including phenoxy) is 3. The van der Waals surface area contributed by atoms with Crippen molar-refractivity contribution in [1.29, 1.82) is 0 Å². The molecule has 0 radical (unpaired) electrons. The van der Waals surface area contributed by atoms with Gasteiger partial charge in [-0.2, -0.15) is 0 Å². The van der Waals surface area contributed by atoms with Gasteiger partial charge in [0.25, 0.3) is 0 Å². The highest BCUT2D eigenvalue weighted by molar-refractivity contribution is 5.92. The number of nitrogens with zero attached hydrogens (tertiary/aromatic N) is 1. The molecule has 5 rings (SSSR count). The fourth-order valence-corrected chi connectivity index (χ4v) is 8.19. The van der Waals surface area contributed by atoms with Gasteiger partial charge in [0.1, 0.15) is 24.3 Å². The number of rotatable bonds is 19. The van der Waals surface area contributed by atoms with E-state index in [-0.39, 0.29) is 36.8 Å². The zero-order valence-corrected chi connectivity index (χ0v) is 37.5. The van der Waals surface area contributed by atoms with Crippen LogP contribution in [0.5, 0.6) is 0 Å². The SMILES string of the molecule is CC(C)C[C@@H](/C=C/[C@H](Cc1ccccc1)C(=O)N1CCC[C@H]1C(=O)NC(CCCCNC(=O)OCC1c2ccccc2-c2ccccc21)C(=O)OC(C)C)NC(=O)OC(C)(C)C. The molecule has 0 bridgehead atoms. The highest BCUT2D eigenvalue weighted by Crippen LogP contribution is 2.44. The minimum atomic E-state index is -0.937. The van der Waals surface area contributed by atoms with Gasteiger partial charge in [-0.15, -0.1) is 0 Å². The van der Waals surface area contributed by atoms with E-state index in [1.807, 2.05) is 87.5 Å². The molecule has 2 aliphatic rings. The van der Waals surface area contributed by atoms with Crippen LogP contribution in [-0.2, 0) is 35.0 Å². The van der Waals surface area contributed by atoms with Crippen LogP contribution in [0.4, 0.5) is 9.59 Å². The van der Waals surface area contributed by atoms with E-state index in [4.69, 9.17) is 14.2 Å². The van der Waals surface area contributed by atoms with Crippen LogP contribution in [0, 0.1) is 11.8 Å². The van der Waals surface area contributed by atoms with E-state index in [0.29, 0.717) is 51.6 Å². The quantitative estimate of drug-likeness (QED) is 0.0470. The summed E-state index contributed by atoms with van der Waals surface area (Å²) in [5.41, 5.74) is 4.88. The number of nitrogens with one attached hydrogen (secondary N) is 3. The Balaban J connectivity index is 1.18. The van der Waals surface area contributed by atoms with Crippen LogP contribution >= 0.6 is 0 Å². The van der Waals surface area contributed by atoms with Crippen LogP contribution in [-0.4, -0.2) is 84.4 Å². The van der Waals surface area contributed by atoms with E-state index < -0.39 is 53.8 Å². The molecule has 0 aromatic heterocycles. The first-order valence-corrected chi connectivity index (χ1v) is 22.2. The van der Waals surface area contributed by atoms with Crippen LogP contribution in [0.3, 0.4) is 0 Å². The predicted octanol–water partition coefficient (Wildman–Crippen LogP) is 8.48. The van der Waals surface area contributed by atoms with E-state index in [0.717, 1.165) is 27.8 Å². The van der Waals surface area contributed by atoms with Crippen LogP contribution in [0.2, 0.25) is 0 Å². The monoisotopic (exact) mass is 850 g/mol. The molecule has 1 unspecified atom stereocenters. The van der Waals surface area contributed by atoms with Gasteiger partial charge in [0.2, 0.25) is 11.8 Å². The second-order valence-corrected chi connectivity index (χ2v) is 18.0. The predicted molar refractivity (Wildman–Crippen MR) is 240 cm³/mol. The fraction of sp³-hybridized carbons (Fsp3) is 0.500. The van der Waals surface area contributed by atoms with Gasteiger partial charge in [-0.25, -0.2) is 14.4 Å². The molecule has 4 amide bonds. The molecule has 1 aliphatic heterocycles. The normalized spacial score (nSPS) is 16.3. The van der Waals surface area contributed by atoms with Crippen molar-refractivity contribution < 1.29 is 38.2 Å². The van der Waals surface area contributed by atoms with E-state index in [9.17, 15) is 24.0 Å². The number of alkyl carbamates (subject to hydrolysis) is 2. The van der Waals surface area contributed by atoms with Gasteiger partial charge < -0.3 is 35.1 Å². The standard InChI is InChI=1S/C50H66N4O8/c1-33(2)30-37(52-49(59)62-50(5,6)7)27-26-36(31-35-18-9-8-10-19-35)46(56)54-29-17-25-44(54)45(55)53-43(47(57)61-34(3)4)24-15-16-28-51-48(58)60-32-42-40-22-13-11-20-38(40)39-21-12-14-23-41(39)42/h8-14,18-23,26-27,33-34,36-37,42-44H,15-17,24-25,28-32H2,1-7H3,(H,51,58)(H,52,59)(H,53,55)/b27-26+/t36-,37-,43?,44+/m1/s1. The van der Waals surface area contributed by atoms with E-state index in [1.165, 1.54) is 0 Å². The van der Waals surface area contributed by atoms with Crippen LogP contribution in [0.25, 0.3) is 11.1 Å². The lowest BCUT2D eigenvalue weighted by atomic mass is 9.95. The molecule has 334 valence electrons. The zero-order valence-electron chi connectivity index (χ0n) is 37.5. The van der Waals surface area contributed by atoms with Crippen molar-refractivity contribution in [2.75, 3.05) is 19.7 Å². The van der Waals surface area contributed by atoms with Crippen molar-refractivity contribution in [3.63, 3.8) is 0 Å². The lowest BCUT2D eigenvalue weighted by molar-refractivity contribution is -0.152. The number of likely N-dealkylation sites (tertiary alicyclic amines) is 1. The summed E-state index contributed by atoms with van der Waals surface area (Å²) in [7, 11) is 0. The van der Waals surface area contributed by atoms with E-state index in [2.05, 4.69) is 54.1 Å². The Morgan fingerprint density at radius 1 is 0.806 bits per heavy atom. The summed E-state index contributed by atoms with van der Waals surface area (Å²) in [5, 5.41) is 8.69. The Morgan fingerprint density at radius 3 is 2.08 bits per heavy atom. The lowest BCUT2D eigenvalue weighted by Gasteiger charge is -2.29. The summed E-state index contributed by atoms with van der Waals surface area (Å²) in [6, 6.07) is 23.9. The molecule has 3 aromatic rings. The summed E-state index contributed by atoms with van der Waals surface area (Å²) >= 11 is 0. The highest BCUT2D eigenvalue weighted by atomic mass is 16.6. The minimum Gasteiger partial charge on any atom is -0.461 e. The number of fused-ring (bicyclic) bond motifs is 3. The summed E-state index contributed by atoms with van der Waals surface area (Å²) in [4.78, 5) is 68.9. The Hall–Kier alpha value is -5.65. The van der Waals surface area contributed by atoms with Crippen molar-refractivity contribution in [2.24, 2.45) is 11.8 Å². The summed E-state index contributed by atoms with van der Waals surface area (Å²) in [5.74, 6) is -1.58. The first-order valence-electron chi connectivity index (χ1n) is 22.2. The number of unbranched alkanes of at least 4 members (excludes halogenated alkanes) is 1. The topological polar surface area (TPSA) is 152 Å². The number of carbonyl (C=O) groups excluding carboxylic acids is 5. The molecule has 0 saturated carbocycles. The molecule has 12 heteroatoms. The second kappa shape index (κ2) is 22.4. The van der Waals surface area contributed by atoms with Gasteiger partial charge in [-0.05, 0) is 113 Å². The summed E-state index contributed by atoms with van der Waals surface area (Å²) < 4.78 is 16.7. The molecule has 1 aliphatic carbocycles. The molecule has 1 heterocycles. The van der Waals surface area contributed by atoms with Gasteiger partial charge in [-0.1, -0.05) is 105 Å². The maximum atomic E-state index is 14.4. The molecular weight excluding hydrogens is 785 g/mol. The third-order valence-electron chi connectivity index (χ3n) is 10.9. The van der Waals surface area contributed by atoms with Crippen molar-refractivity contribution in [3.05, 3.63) is 108 Å². The average molecular weight is 851 g/mol. The minimum absolute atomic E-state index is 0.0445. The number of carbonyl (C=O) groups is 5. The molecule has 3 aromatic carbocycles. The van der Waals surface area contributed by atoms with E-state index in [1.54, 1.807) is 18.7 Å². The first kappa shape index (κ1) is 47.4. The third kappa shape index (κ3) is 13.9. The second-order valence-electron chi connectivity index (χ2n) is 18.0. The molecule has 1 fully saturated rings. The summed E-state index contributed by atoms with van der Waals surface area (Å²) in [6.07, 6.45) is 5.70. The molecule has 12 nitrogen and oxygen atoms in total. The maximum Gasteiger partial charge on any atom is 0.408 e. The third-order valence-corrected chi connectivity index (χ3v) is 10.9. The Bertz CT molecular complexity index is 1960. The number of benzene rings is 3. The number of hydrogen-bond acceptors (Lipinski definition) is 8. The van der Waals surface area contributed by atoms with Gasteiger partial charge in [-0.3, -0.25) is 9.59 Å². The van der Waals surface area contributed by atoms with Crippen molar-refractivity contribution in [3.8, 4) is 11.1 Å². The van der Waals surface area contributed by atoms with Crippen molar-refractivity contribution in [1.82, 2.24) is 20.9 Å². The number of esters is 1. The molecule has 4 atom stereocenters. The lowest BCUT2D eigenvalue weighted by Crippen LogP contribution is -2.52. The Kier molecular flexibility index (Phi) is 17.2. The van der Waals surface area contributed by atoms with E-state index >= 15 is 0 Å². The smallest absolute Gasteiger partial charge is 0.408 e. The van der Waals surface area contributed by atoms with Gasteiger partial charge in [0.05, 0.1) is 18.1 Å². The Labute approximate surface area is 367 Å². The van der Waals surface area contributed by atoms with Crippen LogP contribution < -0.4 is 16.0 Å². The van der Waals surface area contributed by atoms with Crippen LogP contribution in [0.1, 0.15) is 110 Å². The molecule has 62 heavy (non-hydrogen) atoms. The zero-order chi connectivity index (χ0) is 44.8. The highest BCUT2D eigenvalue weighted by Gasteiger charge is 2.38. The largest absolute Gasteiger partial charge is 0.461 e. The average Bonchev–Trinajstić information content (AvgIpc) is 3.83. The fourth-order valence-electron chi connectivity index (χ4n) is 8.19. The molecule has 0 spiro atoms. The van der Waals surface area contributed by atoms with Gasteiger partial charge >= 0.3 is 18.2 Å².